The summed E-state index contributed by atoms with van der Waals surface area (Å²) < 4.78 is 5.05. The van der Waals surface area contributed by atoms with E-state index >= 15 is 0 Å². The average molecular weight is 380 g/mol. The van der Waals surface area contributed by atoms with E-state index in [2.05, 4.69) is 16.0 Å². The molecule has 2 aromatic carbocycles. The van der Waals surface area contributed by atoms with Gasteiger partial charge in [0.15, 0.2) is 6.10 Å². The Morgan fingerprint density at radius 3 is 2.29 bits per heavy atom. The normalized spacial score (nSPS) is 10.9. The lowest BCUT2D eigenvalue weighted by atomic mass is 10.2. The van der Waals surface area contributed by atoms with Gasteiger partial charge in [0.2, 0.25) is 0 Å². The number of hydrogen-bond donors (Lipinski definition) is 3. The summed E-state index contributed by atoms with van der Waals surface area (Å²) in [6, 6.07) is 16.7. The highest BCUT2D eigenvalue weighted by atomic mass is 16.5. The van der Waals surface area contributed by atoms with Crippen LogP contribution in [0.5, 0.6) is 0 Å². The Balaban J connectivity index is 1.69. The minimum atomic E-state index is -0.999. The van der Waals surface area contributed by atoms with Gasteiger partial charge in [0.05, 0.1) is 18.1 Å². The van der Waals surface area contributed by atoms with Crippen LogP contribution in [0.4, 0.5) is 16.2 Å². The number of rotatable bonds is 7. The fourth-order valence-electron chi connectivity index (χ4n) is 2.16. The van der Waals surface area contributed by atoms with Gasteiger partial charge in [-0.05, 0) is 43.3 Å². The number of para-hydroxylation sites is 1. The lowest BCUT2D eigenvalue weighted by Crippen LogP contribution is -2.33. The predicted molar refractivity (Wildman–Crippen MR) is 103 cm³/mol. The van der Waals surface area contributed by atoms with Crippen LogP contribution < -0.4 is 16.0 Å². The van der Waals surface area contributed by atoms with E-state index in [1.165, 1.54) is 6.92 Å². The number of hydrogen-bond acceptors (Lipinski definition) is 5. The number of amides is 3. The average Bonchev–Trinajstić information content (AvgIpc) is 2.69. The van der Waals surface area contributed by atoms with Gasteiger partial charge in [-0.25, -0.2) is 4.79 Å². The third-order valence-corrected chi connectivity index (χ3v) is 3.61. The van der Waals surface area contributed by atoms with Gasteiger partial charge in [0, 0.05) is 17.9 Å². The highest BCUT2D eigenvalue weighted by Crippen LogP contribution is 2.10. The first-order valence-electron chi connectivity index (χ1n) is 8.58. The number of ether oxygens (including phenoxy) is 1. The maximum atomic E-state index is 12.1. The molecule has 28 heavy (non-hydrogen) atoms. The third-order valence-electron chi connectivity index (χ3n) is 3.61. The first kappa shape index (κ1) is 20.5. The summed E-state index contributed by atoms with van der Waals surface area (Å²) in [5.41, 5.74) is 1.60. The van der Waals surface area contributed by atoms with Crippen LogP contribution in [-0.2, 0) is 14.3 Å². The number of carbonyl (C=O) groups is 3. The van der Waals surface area contributed by atoms with Crippen molar-refractivity contribution >= 4 is 29.3 Å². The summed E-state index contributed by atoms with van der Waals surface area (Å²) in [5.74, 6) is -1.10. The second-order valence-electron chi connectivity index (χ2n) is 5.81. The number of benzene rings is 2. The summed E-state index contributed by atoms with van der Waals surface area (Å²) in [5, 5.41) is 16.5. The number of esters is 1. The minimum Gasteiger partial charge on any atom is -0.452 e. The number of nitrogens with zero attached hydrogens (tertiary/aromatic N) is 1. The van der Waals surface area contributed by atoms with E-state index in [0.717, 1.165) is 0 Å². The summed E-state index contributed by atoms with van der Waals surface area (Å²) >= 11 is 0. The topological polar surface area (TPSA) is 120 Å². The molecule has 3 N–H and O–H groups in total. The lowest BCUT2D eigenvalue weighted by molar-refractivity contribution is -0.153. The van der Waals surface area contributed by atoms with Crippen molar-refractivity contribution in [2.45, 2.75) is 19.4 Å². The molecule has 0 saturated heterocycles. The molecular weight excluding hydrogens is 360 g/mol. The Labute approximate surface area is 162 Å². The van der Waals surface area contributed by atoms with Gasteiger partial charge >= 0.3 is 12.0 Å². The van der Waals surface area contributed by atoms with Gasteiger partial charge in [0.1, 0.15) is 0 Å². The number of anilines is 2. The highest BCUT2D eigenvalue weighted by molar-refractivity contribution is 5.95. The summed E-state index contributed by atoms with van der Waals surface area (Å²) in [7, 11) is 0. The second kappa shape index (κ2) is 10.3. The fraction of sp³-hybridized carbons (Fsp3) is 0.200. The molecule has 144 valence electrons. The van der Waals surface area contributed by atoms with Crippen LogP contribution in [0.3, 0.4) is 0 Å². The predicted octanol–water partition coefficient (Wildman–Crippen LogP) is 2.64. The number of nitriles is 1. The first-order valence-corrected chi connectivity index (χ1v) is 8.58. The molecule has 0 aliphatic heterocycles. The van der Waals surface area contributed by atoms with Crippen LogP contribution in [-0.4, -0.2) is 30.6 Å². The number of nitrogens with one attached hydrogen (secondary N) is 3. The SMILES string of the molecule is C[C@@H](OC(=O)CCNC(=O)Nc1ccccc1)C(=O)Nc1ccc(C#N)cc1. The van der Waals surface area contributed by atoms with Crippen LogP contribution in [0.15, 0.2) is 54.6 Å². The first-order chi connectivity index (χ1) is 13.5. The molecule has 0 spiro atoms. The Morgan fingerprint density at radius 2 is 1.64 bits per heavy atom. The van der Waals surface area contributed by atoms with Crippen molar-refractivity contribution in [1.82, 2.24) is 5.32 Å². The molecule has 0 fully saturated rings. The molecule has 8 heteroatoms. The molecule has 0 aliphatic carbocycles. The largest absolute Gasteiger partial charge is 0.452 e. The molecule has 3 amide bonds. The third kappa shape index (κ3) is 6.80. The molecule has 0 radical (unpaired) electrons. The van der Waals surface area contributed by atoms with Crippen LogP contribution in [0.25, 0.3) is 0 Å². The quantitative estimate of drug-likeness (QED) is 0.638. The van der Waals surface area contributed by atoms with E-state index in [9.17, 15) is 14.4 Å². The van der Waals surface area contributed by atoms with Crippen molar-refractivity contribution in [2.24, 2.45) is 0 Å². The Kier molecular flexibility index (Phi) is 7.54. The van der Waals surface area contributed by atoms with Gasteiger partial charge in [-0.2, -0.15) is 5.26 Å². The zero-order valence-electron chi connectivity index (χ0n) is 15.3. The highest BCUT2D eigenvalue weighted by Gasteiger charge is 2.18. The standard InChI is InChI=1S/C20H20N4O4/c1-14(19(26)23-17-9-7-15(13-21)8-10-17)28-18(25)11-12-22-20(27)24-16-5-3-2-4-6-16/h2-10,14H,11-12H2,1H3,(H,23,26)(H2,22,24,27)/t14-/m1/s1. The van der Waals surface area contributed by atoms with Crippen LogP contribution in [0, 0.1) is 11.3 Å². The van der Waals surface area contributed by atoms with Gasteiger partial charge in [-0.3, -0.25) is 9.59 Å². The van der Waals surface area contributed by atoms with E-state index in [0.29, 0.717) is 16.9 Å². The van der Waals surface area contributed by atoms with E-state index < -0.39 is 24.0 Å². The summed E-state index contributed by atoms with van der Waals surface area (Å²) in [6.45, 7) is 1.52. The Bertz CT molecular complexity index is 860. The molecule has 0 heterocycles. The van der Waals surface area contributed by atoms with Crippen molar-refractivity contribution in [2.75, 3.05) is 17.2 Å². The zero-order chi connectivity index (χ0) is 20.4. The molecule has 0 aliphatic rings. The smallest absolute Gasteiger partial charge is 0.319 e. The molecule has 2 rings (SSSR count). The van der Waals surface area contributed by atoms with Crippen LogP contribution in [0.2, 0.25) is 0 Å². The maximum Gasteiger partial charge on any atom is 0.319 e. The van der Waals surface area contributed by atoms with E-state index in [1.807, 2.05) is 12.1 Å². The fourth-order valence-corrected chi connectivity index (χ4v) is 2.16. The summed E-state index contributed by atoms with van der Waals surface area (Å²) in [4.78, 5) is 35.6. The molecule has 2 aromatic rings. The lowest BCUT2D eigenvalue weighted by Gasteiger charge is -2.14. The van der Waals surface area contributed by atoms with Crippen molar-refractivity contribution < 1.29 is 19.1 Å². The summed E-state index contributed by atoms with van der Waals surface area (Å²) in [6.07, 6.45) is -1.07. The minimum absolute atomic E-state index is 0.0709. The van der Waals surface area contributed by atoms with Crippen molar-refractivity contribution in [1.29, 1.82) is 5.26 Å². The molecule has 1 atom stereocenters. The maximum absolute atomic E-state index is 12.1. The van der Waals surface area contributed by atoms with Crippen molar-refractivity contribution in [3.63, 3.8) is 0 Å². The monoisotopic (exact) mass is 380 g/mol. The second-order valence-corrected chi connectivity index (χ2v) is 5.81. The van der Waals surface area contributed by atoms with Gasteiger partial charge < -0.3 is 20.7 Å². The van der Waals surface area contributed by atoms with Crippen LogP contribution in [0.1, 0.15) is 18.9 Å². The number of urea groups is 1. The zero-order valence-corrected chi connectivity index (χ0v) is 15.3. The van der Waals surface area contributed by atoms with Gasteiger partial charge in [0.25, 0.3) is 5.91 Å². The molecular formula is C20H20N4O4. The molecule has 0 bridgehead atoms. The molecule has 0 saturated carbocycles. The Morgan fingerprint density at radius 1 is 1.00 bits per heavy atom. The Hall–Kier alpha value is -3.86. The van der Waals surface area contributed by atoms with E-state index in [1.54, 1.807) is 48.5 Å². The number of carbonyl (C=O) groups excluding carboxylic acids is 3. The molecule has 8 nitrogen and oxygen atoms in total. The van der Waals surface area contributed by atoms with Gasteiger partial charge in [-0.15, -0.1) is 0 Å². The van der Waals surface area contributed by atoms with E-state index in [-0.39, 0.29) is 13.0 Å². The van der Waals surface area contributed by atoms with Crippen LogP contribution >= 0.6 is 0 Å². The van der Waals surface area contributed by atoms with E-state index in [4.69, 9.17) is 10.00 Å². The molecule has 0 unspecified atom stereocenters. The molecule has 0 aromatic heterocycles. The van der Waals surface area contributed by atoms with Crippen molar-refractivity contribution in [3.8, 4) is 6.07 Å². The van der Waals surface area contributed by atoms with Gasteiger partial charge in [-0.1, -0.05) is 18.2 Å². The van der Waals surface area contributed by atoms with Crippen molar-refractivity contribution in [3.05, 3.63) is 60.2 Å².